The summed E-state index contributed by atoms with van der Waals surface area (Å²) in [6, 6.07) is 13.9. The molecule has 0 aliphatic heterocycles. The number of aryl methyl sites for hydroxylation is 1. The van der Waals surface area contributed by atoms with E-state index in [0.717, 1.165) is 16.3 Å². The van der Waals surface area contributed by atoms with Gasteiger partial charge in [-0.2, -0.15) is 26.3 Å². The summed E-state index contributed by atoms with van der Waals surface area (Å²) in [6.07, 6.45) is -6.42. The minimum Gasteiger partial charge on any atom is -0.491 e. The fourth-order valence-electron chi connectivity index (χ4n) is 5.34. The van der Waals surface area contributed by atoms with E-state index in [-0.39, 0.29) is 53.0 Å². The second-order valence-electron chi connectivity index (χ2n) is 12.1. The van der Waals surface area contributed by atoms with Crippen molar-refractivity contribution >= 4 is 46.0 Å². The van der Waals surface area contributed by atoms with E-state index in [9.17, 15) is 35.9 Å². The first-order valence-corrected chi connectivity index (χ1v) is 17.3. The number of nitrogens with two attached hydrogens (primary N) is 1. The quantitative estimate of drug-likeness (QED) is 0.0791. The molecule has 22 heteroatoms. The van der Waals surface area contributed by atoms with Gasteiger partial charge in [-0.3, -0.25) is 9.59 Å². The monoisotopic (exact) mass is 855 g/mol. The van der Waals surface area contributed by atoms with Gasteiger partial charge in [0.1, 0.15) is 30.0 Å². The Hall–Kier alpha value is -7.00. The number of carboxylic acid groups (broad SMARTS) is 2. The predicted octanol–water partition coefficient (Wildman–Crippen LogP) is 6.49. The molecule has 1 unspecified atom stereocenters. The average Bonchev–Trinajstić information content (AvgIpc) is 3.60. The van der Waals surface area contributed by atoms with E-state index in [1.165, 1.54) is 26.2 Å². The number of carbonyl (C=O) groups excluding carboxylic acids is 2. The van der Waals surface area contributed by atoms with Crippen molar-refractivity contribution in [1.82, 2.24) is 25.2 Å². The smallest absolute Gasteiger partial charge is 0.490 e. The van der Waals surface area contributed by atoms with Crippen molar-refractivity contribution in [3.8, 4) is 17.0 Å². The summed E-state index contributed by atoms with van der Waals surface area (Å²) in [7, 11) is 2.90. The largest absolute Gasteiger partial charge is 0.491 e. The lowest BCUT2D eigenvalue weighted by Crippen LogP contribution is -2.26. The van der Waals surface area contributed by atoms with Crippen LogP contribution in [0.3, 0.4) is 0 Å². The number of nitrogen functional groups attached to an aromatic ring is 1. The Morgan fingerprint density at radius 1 is 0.900 bits per heavy atom. The number of hydrogen-bond donors (Lipinski definition) is 6. The van der Waals surface area contributed by atoms with Crippen molar-refractivity contribution in [2.75, 3.05) is 31.8 Å². The molecule has 0 fully saturated rings. The van der Waals surface area contributed by atoms with E-state index in [4.69, 9.17) is 35.3 Å². The molecule has 322 valence electrons. The number of benzene rings is 3. The molecule has 5 aromatic rings. The molecule has 2 heterocycles. The number of aromatic nitrogens is 3. The van der Waals surface area contributed by atoms with Gasteiger partial charge in [-0.15, -0.1) is 0 Å². The van der Waals surface area contributed by atoms with Crippen LogP contribution in [0.5, 0.6) is 5.75 Å². The maximum Gasteiger partial charge on any atom is 0.490 e. The van der Waals surface area contributed by atoms with Crippen molar-refractivity contribution < 1.29 is 69.3 Å². The van der Waals surface area contributed by atoms with E-state index < -0.39 is 47.9 Å². The molecule has 14 nitrogen and oxygen atoms in total. The van der Waals surface area contributed by atoms with E-state index in [2.05, 4.69) is 20.9 Å². The second kappa shape index (κ2) is 20.1. The SMILES string of the molecule is CCOc1cc(CC)cc(C(Nc2ccc3c(N)nccc3c2)c2nc(-c3cccc(F)c3C(=O)NC)cn2CC(=O)NC)c1F.O=C(O)C(F)(F)F.O=C(O)C(F)(F)F. The van der Waals surface area contributed by atoms with E-state index >= 15 is 8.78 Å². The number of pyridine rings is 1. The number of fused-ring (bicyclic) bond motifs is 1. The van der Waals surface area contributed by atoms with Crippen LogP contribution in [-0.4, -0.2) is 81.6 Å². The molecule has 0 radical (unpaired) electrons. The number of anilines is 2. The van der Waals surface area contributed by atoms with Crippen LogP contribution in [-0.2, 0) is 27.3 Å². The zero-order valence-corrected chi connectivity index (χ0v) is 31.9. The first-order chi connectivity index (χ1) is 28.1. The summed E-state index contributed by atoms with van der Waals surface area (Å²) in [5.74, 6) is -7.14. The minimum absolute atomic E-state index is 0.0812. The third-order valence-electron chi connectivity index (χ3n) is 8.14. The molecule has 5 rings (SSSR count). The number of likely N-dealkylation sites (N-methyl/N-ethyl adjacent to an activating group) is 1. The highest BCUT2D eigenvalue weighted by molar-refractivity contribution is 6.00. The van der Waals surface area contributed by atoms with Crippen LogP contribution in [0.1, 0.15) is 47.2 Å². The average molecular weight is 856 g/mol. The molecule has 0 aliphatic carbocycles. The number of alkyl halides is 6. The van der Waals surface area contributed by atoms with Crippen LogP contribution in [0.25, 0.3) is 22.0 Å². The first kappa shape index (κ1) is 47.4. The molecule has 7 N–H and O–H groups in total. The molecule has 3 aromatic carbocycles. The first-order valence-electron chi connectivity index (χ1n) is 17.3. The third-order valence-corrected chi connectivity index (χ3v) is 8.14. The van der Waals surface area contributed by atoms with Crippen LogP contribution in [0.2, 0.25) is 0 Å². The minimum atomic E-state index is -5.08. The van der Waals surface area contributed by atoms with Crippen LogP contribution in [0, 0.1) is 11.6 Å². The Labute approximate surface area is 335 Å². The predicted molar refractivity (Wildman–Crippen MR) is 201 cm³/mol. The summed E-state index contributed by atoms with van der Waals surface area (Å²) in [5, 5.41) is 24.3. The summed E-state index contributed by atoms with van der Waals surface area (Å²) < 4.78 is 102. The second-order valence-corrected chi connectivity index (χ2v) is 12.1. The van der Waals surface area contributed by atoms with Crippen molar-refractivity contribution in [2.24, 2.45) is 0 Å². The van der Waals surface area contributed by atoms with E-state index in [1.54, 1.807) is 48.1 Å². The molecular weight excluding hydrogens is 818 g/mol. The van der Waals surface area contributed by atoms with Gasteiger partial charge in [0.25, 0.3) is 5.91 Å². The molecule has 0 saturated carbocycles. The normalized spacial score (nSPS) is 11.6. The van der Waals surface area contributed by atoms with Gasteiger partial charge in [0.2, 0.25) is 5.91 Å². The molecule has 0 aliphatic rings. The Bertz CT molecular complexity index is 2330. The third kappa shape index (κ3) is 12.0. The Balaban J connectivity index is 0.000000589. The number of nitrogens with one attached hydrogen (secondary N) is 3. The van der Waals surface area contributed by atoms with Gasteiger partial charge in [0.05, 0.1) is 17.9 Å². The number of nitrogens with zero attached hydrogens (tertiary/aromatic N) is 3. The lowest BCUT2D eigenvalue weighted by atomic mass is 9.99. The van der Waals surface area contributed by atoms with Gasteiger partial charge >= 0.3 is 24.3 Å². The maximum absolute atomic E-state index is 16.4. The van der Waals surface area contributed by atoms with Crippen molar-refractivity contribution in [1.29, 1.82) is 0 Å². The fourth-order valence-corrected chi connectivity index (χ4v) is 5.34. The zero-order valence-electron chi connectivity index (χ0n) is 31.9. The highest BCUT2D eigenvalue weighted by Crippen LogP contribution is 2.36. The van der Waals surface area contributed by atoms with Gasteiger partial charge in [-0.1, -0.05) is 25.1 Å². The number of carbonyl (C=O) groups is 4. The summed E-state index contributed by atoms with van der Waals surface area (Å²) in [5.41, 5.74) is 7.95. The maximum atomic E-state index is 16.4. The Morgan fingerprint density at radius 2 is 1.53 bits per heavy atom. The van der Waals surface area contributed by atoms with Crippen LogP contribution in [0.15, 0.2) is 67.0 Å². The molecule has 0 saturated heterocycles. The zero-order chi connectivity index (χ0) is 45.1. The fraction of sp³-hybridized carbons (Fsp3) is 0.263. The number of amides is 2. The van der Waals surface area contributed by atoms with Crippen molar-refractivity contribution in [2.45, 2.75) is 45.2 Å². The molecule has 60 heavy (non-hydrogen) atoms. The molecule has 0 bridgehead atoms. The Morgan fingerprint density at radius 3 is 2.08 bits per heavy atom. The number of halogens is 8. The van der Waals surface area contributed by atoms with Gasteiger partial charge < -0.3 is 41.2 Å². The van der Waals surface area contributed by atoms with Gasteiger partial charge in [-0.05, 0) is 60.7 Å². The molecule has 2 amide bonds. The van der Waals surface area contributed by atoms with Crippen molar-refractivity contribution in [3.05, 3.63) is 101 Å². The van der Waals surface area contributed by atoms with E-state index in [0.29, 0.717) is 17.9 Å². The molecular formula is C38H37F8N7O7. The van der Waals surface area contributed by atoms with Crippen molar-refractivity contribution in [3.63, 3.8) is 0 Å². The highest BCUT2D eigenvalue weighted by atomic mass is 19.4. The number of carboxylic acids is 2. The van der Waals surface area contributed by atoms with E-state index in [1.807, 2.05) is 25.1 Å². The number of hydrogen-bond acceptors (Lipinski definition) is 9. The van der Waals surface area contributed by atoms with Crippen LogP contribution in [0.4, 0.5) is 46.6 Å². The topological polar surface area (TPSA) is 211 Å². The molecule has 1 atom stereocenters. The summed E-state index contributed by atoms with van der Waals surface area (Å²) in [6.45, 7) is 3.79. The van der Waals surface area contributed by atoms with Crippen LogP contribution >= 0.6 is 0 Å². The highest BCUT2D eigenvalue weighted by Gasteiger charge is 2.39. The summed E-state index contributed by atoms with van der Waals surface area (Å²) >= 11 is 0. The van der Waals surface area contributed by atoms with Gasteiger partial charge in [0, 0.05) is 48.7 Å². The lowest BCUT2D eigenvalue weighted by molar-refractivity contribution is -0.193. The number of aliphatic carboxylic acids is 2. The van der Waals surface area contributed by atoms with Gasteiger partial charge in [-0.25, -0.2) is 28.3 Å². The standard InChI is InChI=1S/C34H35F2N7O3.2C2HF3O2/c1-5-19-14-24(30(36)27(15-19)46-6-2)31(41-21-10-11-22-20(16-21)12-13-40-32(22)37)33-42-26(17-43(33)18-28(44)38-3)23-8-7-9-25(35)29(23)34(45)39-4;2*3-2(4,5)1(6)7/h7-17,31,41H,5-6,18H2,1-4H3,(H2,37,40)(H,38,44)(H,39,45);2*(H,6,7). The summed E-state index contributed by atoms with van der Waals surface area (Å²) in [4.78, 5) is 52.3. The van der Waals surface area contributed by atoms with Gasteiger partial charge in [0.15, 0.2) is 11.6 Å². The number of ether oxygens (including phenoxy) is 1. The Kier molecular flexibility index (Phi) is 15.9. The lowest BCUT2D eigenvalue weighted by Gasteiger charge is -2.24. The number of imidazole rings is 1. The van der Waals surface area contributed by atoms with Crippen LogP contribution < -0.4 is 26.4 Å². The molecule has 0 spiro atoms. The molecule has 2 aromatic heterocycles. The number of rotatable bonds is 11.